The van der Waals surface area contributed by atoms with E-state index < -0.39 is 12.5 Å². The number of ether oxygens (including phenoxy) is 1. The van der Waals surface area contributed by atoms with Gasteiger partial charge in [-0.1, -0.05) is 27.7 Å². The van der Waals surface area contributed by atoms with Crippen LogP contribution in [-0.4, -0.2) is 19.1 Å². The van der Waals surface area contributed by atoms with Crippen LogP contribution < -0.4 is 5.32 Å². The number of rotatable bonds is 2. The quantitative estimate of drug-likeness (QED) is 0.771. The highest BCUT2D eigenvalue weighted by molar-refractivity contribution is 5.13. The molecule has 88 valence electrons. The zero-order valence-corrected chi connectivity index (χ0v) is 9.73. The van der Waals surface area contributed by atoms with E-state index in [4.69, 9.17) is 4.74 Å². The van der Waals surface area contributed by atoms with Gasteiger partial charge >= 0.3 is 0 Å². The molecule has 0 unspecified atom stereocenters. The summed E-state index contributed by atoms with van der Waals surface area (Å²) in [6.45, 7) is 6.97. The minimum atomic E-state index is -2.78. The molecule has 1 heterocycles. The van der Waals surface area contributed by atoms with Crippen molar-refractivity contribution >= 4 is 0 Å². The average Bonchev–Trinajstić information content (AvgIpc) is 2.23. The molecule has 15 heavy (non-hydrogen) atoms. The lowest BCUT2D eigenvalue weighted by molar-refractivity contribution is -0.0529. The summed E-state index contributed by atoms with van der Waals surface area (Å²) in [5.41, 5.74) is 0.808. The minimum absolute atomic E-state index is 0.129. The van der Waals surface area contributed by atoms with Gasteiger partial charge in [-0.05, 0) is 5.92 Å². The number of allylic oxidation sites excluding steroid dienone is 2. The van der Waals surface area contributed by atoms with Crippen molar-refractivity contribution in [3.8, 4) is 0 Å². The SMILES string of the molecule is CC(C)C1=C(C(C)C)OCC(F)(F)CN1. The van der Waals surface area contributed by atoms with Crippen molar-refractivity contribution in [2.45, 2.75) is 33.6 Å². The van der Waals surface area contributed by atoms with Crippen molar-refractivity contribution in [1.82, 2.24) is 5.32 Å². The van der Waals surface area contributed by atoms with Gasteiger partial charge in [-0.25, -0.2) is 8.78 Å². The van der Waals surface area contributed by atoms with Gasteiger partial charge in [0, 0.05) is 5.92 Å². The number of hydrogen-bond acceptors (Lipinski definition) is 2. The van der Waals surface area contributed by atoms with E-state index in [1.165, 1.54) is 0 Å². The van der Waals surface area contributed by atoms with Crippen LogP contribution in [0.15, 0.2) is 11.5 Å². The molecule has 1 rings (SSSR count). The molecule has 0 atom stereocenters. The lowest BCUT2D eigenvalue weighted by Crippen LogP contribution is -2.34. The Morgan fingerprint density at radius 2 is 1.80 bits per heavy atom. The van der Waals surface area contributed by atoms with Crippen LogP contribution in [0.5, 0.6) is 0 Å². The van der Waals surface area contributed by atoms with E-state index in [0.29, 0.717) is 5.76 Å². The Balaban J connectivity index is 2.91. The third-order valence-electron chi connectivity index (χ3n) is 2.34. The second-order valence-electron chi connectivity index (χ2n) is 4.59. The molecule has 0 radical (unpaired) electrons. The molecule has 0 fully saturated rings. The van der Waals surface area contributed by atoms with Crippen molar-refractivity contribution < 1.29 is 13.5 Å². The fourth-order valence-electron chi connectivity index (χ4n) is 1.59. The molecular weight excluding hydrogens is 200 g/mol. The molecule has 0 aromatic rings. The topological polar surface area (TPSA) is 21.3 Å². The fraction of sp³-hybridized carbons (Fsp3) is 0.818. The van der Waals surface area contributed by atoms with Crippen LogP contribution in [0.4, 0.5) is 8.78 Å². The van der Waals surface area contributed by atoms with Crippen molar-refractivity contribution in [3.63, 3.8) is 0 Å². The fourth-order valence-corrected chi connectivity index (χ4v) is 1.59. The van der Waals surface area contributed by atoms with E-state index in [0.717, 1.165) is 5.70 Å². The van der Waals surface area contributed by atoms with Gasteiger partial charge in [0.05, 0.1) is 12.2 Å². The maximum Gasteiger partial charge on any atom is 0.298 e. The summed E-state index contributed by atoms with van der Waals surface area (Å²) in [5.74, 6) is -1.81. The van der Waals surface area contributed by atoms with Crippen LogP contribution in [0.1, 0.15) is 27.7 Å². The number of alkyl halides is 2. The Kier molecular flexibility index (Phi) is 3.58. The van der Waals surface area contributed by atoms with Crippen LogP contribution in [-0.2, 0) is 4.74 Å². The number of nitrogens with one attached hydrogen (secondary N) is 1. The smallest absolute Gasteiger partial charge is 0.298 e. The summed E-state index contributed by atoms with van der Waals surface area (Å²) in [4.78, 5) is 0. The molecule has 0 saturated heterocycles. The summed E-state index contributed by atoms with van der Waals surface area (Å²) >= 11 is 0. The minimum Gasteiger partial charge on any atom is -0.489 e. The Bertz CT molecular complexity index is 235. The Morgan fingerprint density at radius 1 is 1.20 bits per heavy atom. The van der Waals surface area contributed by atoms with Crippen molar-refractivity contribution in [2.24, 2.45) is 11.8 Å². The third kappa shape index (κ3) is 3.08. The van der Waals surface area contributed by atoms with E-state index in [1.807, 2.05) is 27.7 Å². The molecule has 0 saturated carbocycles. The van der Waals surface area contributed by atoms with Gasteiger partial charge in [-0.3, -0.25) is 0 Å². The molecule has 0 spiro atoms. The van der Waals surface area contributed by atoms with Crippen LogP contribution in [0.3, 0.4) is 0 Å². The van der Waals surface area contributed by atoms with Crippen LogP contribution in [0.2, 0.25) is 0 Å². The second-order valence-corrected chi connectivity index (χ2v) is 4.59. The molecule has 1 N–H and O–H groups in total. The van der Waals surface area contributed by atoms with Crippen LogP contribution in [0, 0.1) is 11.8 Å². The molecule has 4 heteroatoms. The molecule has 0 amide bonds. The number of halogens is 2. The zero-order chi connectivity index (χ0) is 11.6. The lowest BCUT2D eigenvalue weighted by atomic mass is 10.0. The molecule has 0 aromatic heterocycles. The molecule has 2 nitrogen and oxygen atoms in total. The first-order valence-electron chi connectivity index (χ1n) is 5.32. The second kappa shape index (κ2) is 4.37. The van der Waals surface area contributed by atoms with E-state index >= 15 is 0 Å². The Morgan fingerprint density at radius 3 is 2.27 bits per heavy atom. The Hall–Kier alpha value is -0.800. The molecule has 0 aromatic carbocycles. The maximum atomic E-state index is 13.1. The molecular formula is C11H19F2NO. The van der Waals surface area contributed by atoms with Crippen LogP contribution >= 0.6 is 0 Å². The first kappa shape index (κ1) is 12.3. The van der Waals surface area contributed by atoms with Gasteiger partial charge in [0.15, 0.2) is 6.61 Å². The van der Waals surface area contributed by atoms with Crippen molar-refractivity contribution in [1.29, 1.82) is 0 Å². The summed E-state index contributed by atoms with van der Waals surface area (Å²) in [5, 5.41) is 2.81. The lowest BCUT2D eigenvalue weighted by Gasteiger charge is -2.18. The van der Waals surface area contributed by atoms with E-state index in [9.17, 15) is 8.78 Å². The molecule has 1 aliphatic heterocycles. The normalized spacial score (nSPS) is 21.3. The summed E-state index contributed by atoms with van der Waals surface area (Å²) < 4.78 is 31.5. The largest absolute Gasteiger partial charge is 0.489 e. The van der Waals surface area contributed by atoms with Gasteiger partial charge in [-0.2, -0.15) is 0 Å². The van der Waals surface area contributed by atoms with Gasteiger partial charge in [0.1, 0.15) is 5.76 Å². The van der Waals surface area contributed by atoms with Gasteiger partial charge < -0.3 is 10.1 Å². The number of hydrogen-bond donors (Lipinski definition) is 1. The van der Waals surface area contributed by atoms with E-state index in [-0.39, 0.29) is 18.4 Å². The third-order valence-corrected chi connectivity index (χ3v) is 2.34. The highest BCUT2D eigenvalue weighted by Crippen LogP contribution is 2.27. The first-order chi connectivity index (χ1) is 6.83. The van der Waals surface area contributed by atoms with Crippen molar-refractivity contribution in [3.05, 3.63) is 11.5 Å². The van der Waals surface area contributed by atoms with Gasteiger partial charge in [-0.15, -0.1) is 0 Å². The standard InChI is InChI=1S/C11H19F2NO/c1-7(2)9-10(8(3)4)15-6-11(12,13)5-14-9/h7-8,14H,5-6H2,1-4H3. The van der Waals surface area contributed by atoms with Gasteiger partial charge in [0.2, 0.25) is 0 Å². The summed E-state index contributed by atoms with van der Waals surface area (Å²) in [7, 11) is 0. The van der Waals surface area contributed by atoms with Gasteiger partial charge in [0.25, 0.3) is 5.92 Å². The van der Waals surface area contributed by atoms with Crippen LogP contribution in [0.25, 0.3) is 0 Å². The zero-order valence-electron chi connectivity index (χ0n) is 9.73. The average molecular weight is 219 g/mol. The molecule has 0 bridgehead atoms. The Labute approximate surface area is 89.7 Å². The highest BCUT2D eigenvalue weighted by Gasteiger charge is 2.34. The first-order valence-corrected chi connectivity index (χ1v) is 5.32. The highest BCUT2D eigenvalue weighted by atomic mass is 19.3. The van der Waals surface area contributed by atoms with E-state index in [1.54, 1.807) is 0 Å². The summed E-state index contributed by atoms with van der Waals surface area (Å²) in [6.07, 6.45) is 0. The van der Waals surface area contributed by atoms with E-state index in [2.05, 4.69) is 5.32 Å². The monoisotopic (exact) mass is 219 g/mol. The predicted molar refractivity (Wildman–Crippen MR) is 55.6 cm³/mol. The maximum absolute atomic E-state index is 13.1. The molecule has 0 aliphatic carbocycles. The predicted octanol–water partition coefficient (Wildman–Crippen LogP) is 2.77. The molecule has 1 aliphatic rings. The van der Waals surface area contributed by atoms with Crippen molar-refractivity contribution in [2.75, 3.05) is 13.2 Å². The summed E-state index contributed by atoms with van der Waals surface area (Å²) in [6, 6.07) is 0.